The van der Waals surface area contributed by atoms with E-state index in [1.54, 1.807) is 37.3 Å². The van der Waals surface area contributed by atoms with Gasteiger partial charge in [-0.05, 0) is 31.9 Å². The van der Waals surface area contributed by atoms with E-state index in [4.69, 9.17) is 4.52 Å². The van der Waals surface area contributed by atoms with E-state index in [-0.39, 0.29) is 17.9 Å². The van der Waals surface area contributed by atoms with Gasteiger partial charge in [0.2, 0.25) is 15.9 Å². The molecule has 1 atom stereocenters. The minimum atomic E-state index is -3.61. The van der Waals surface area contributed by atoms with E-state index in [9.17, 15) is 13.5 Å². The number of benzene rings is 1. The van der Waals surface area contributed by atoms with Gasteiger partial charge in [0.25, 0.3) is 0 Å². The molecule has 8 heteroatoms. The summed E-state index contributed by atoms with van der Waals surface area (Å²) in [5.41, 5.74) is -1.20. The first kappa shape index (κ1) is 16.1. The maximum atomic E-state index is 12.7. The van der Waals surface area contributed by atoms with Gasteiger partial charge in [-0.25, -0.2) is 8.42 Å². The summed E-state index contributed by atoms with van der Waals surface area (Å²) in [6.45, 7) is 2.11. The van der Waals surface area contributed by atoms with Crippen LogP contribution in [0.5, 0.6) is 0 Å². The normalized spacial score (nSPS) is 23.0. The molecule has 2 heterocycles. The SMILES string of the molecule is Cc1noc(CC2(O)CCCN(S(=O)(=O)c3ccccc3)C2)n1. The van der Waals surface area contributed by atoms with E-state index in [0.717, 1.165) is 0 Å². The lowest BCUT2D eigenvalue weighted by Gasteiger charge is -2.37. The molecule has 1 aliphatic heterocycles. The zero-order valence-corrected chi connectivity index (χ0v) is 13.7. The third kappa shape index (κ3) is 3.44. The fourth-order valence-electron chi connectivity index (χ4n) is 2.86. The van der Waals surface area contributed by atoms with Crippen molar-refractivity contribution in [2.75, 3.05) is 13.1 Å². The third-order valence-corrected chi connectivity index (χ3v) is 5.81. The quantitative estimate of drug-likeness (QED) is 0.898. The van der Waals surface area contributed by atoms with Gasteiger partial charge in [0.15, 0.2) is 5.82 Å². The first-order valence-electron chi connectivity index (χ1n) is 7.46. The minimum Gasteiger partial charge on any atom is -0.388 e. The lowest BCUT2D eigenvalue weighted by Crippen LogP contribution is -2.51. The monoisotopic (exact) mass is 337 g/mol. The van der Waals surface area contributed by atoms with Gasteiger partial charge in [-0.1, -0.05) is 23.4 Å². The Hall–Kier alpha value is -1.77. The zero-order chi connectivity index (χ0) is 16.5. The van der Waals surface area contributed by atoms with E-state index < -0.39 is 15.6 Å². The summed E-state index contributed by atoms with van der Waals surface area (Å²) in [5.74, 6) is 0.817. The Morgan fingerprint density at radius 1 is 1.35 bits per heavy atom. The maximum absolute atomic E-state index is 12.7. The molecular weight excluding hydrogens is 318 g/mol. The Morgan fingerprint density at radius 2 is 2.09 bits per heavy atom. The minimum absolute atomic E-state index is 0.0195. The molecule has 0 spiro atoms. The molecule has 7 nitrogen and oxygen atoms in total. The van der Waals surface area contributed by atoms with Crippen LogP contribution in [0, 0.1) is 6.92 Å². The Kier molecular flexibility index (Phi) is 4.22. The molecule has 124 valence electrons. The van der Waals surface area contributed by atoms with Gasteiger partial charge in [0, 0.05) is 13.1 Å². The van der Waals surface area contributed by atoms with Crippen LogP contribution in [0.1, 0.15) is 24.6 Å². The van der Waals surface area contributed by atoms with Crippen molar-refractivity contribution in [2.24, 2.45) is 0 Å². The lowest BCUT2D eigenvalue weighted by atomic mass is 9.91. The van der Waals surface area contributed by atoms with Crippen LogP contribution in [0.15, 0.2) is 39.8 Å². The smallest absolute Gasteiger partial charge is 0.243 e. The topological polar surface area (TPSA) is 96.5 Å². The van der Waals surface area contributed by atoms with Crippen LogP contribution in [0.3, 0.4) is 0 Å². The van der Waals surface area contributed by atoms with Gasteiger partial charge in [-0.3, -0.25) is 0 Å². The molecular formula is C15H19N3O4S. The number of piperidine rings is 1. The number of nitrogens with zero attached hydrogens (tertiary/aromatic N) is 3. The highest BCUT2D eigenvalue weighted by molar-refractivity contribution is 7.89. The van der Waals surface area contributed by atoms with Crippen LogP contribution in [-0.2, 0) is 16.4 Å². The highest BCUT2D eigenvalue weighted by Crippen LogP contribution is 2.28. The Balaban J connectivity index is 1.80. The average Bonchev–Trinajstić information content (AvgIpc) is 2.92. The van der Waals surface area contributed by atoms with Crippen molar-refractivity contribution in [3.8, 4) is 0 Å². The van der Waals surface area contributed by atoms with E-state index >= 15 is 0 Å². The van der Waals surface area contributed by atoms with Crippen LogP contribution in [0.25, 0.3) is 0 Å². The zero-order valence-electron chi connectivity index (χ0n) is 12.8. The number of hydrogen-bond donors (Lipinski definition) is 1. The molecule has 2 aromatic rings. The summed E-state index contributed by atoms with van der Waals surface area (Å²) in [5, 5.41) is 14.5. The predicted molar refractivity (Wildman–Crippen MR) is 82.1 cm³/mol. The molecule has 1 N–H and O–H groups in total. The van der Waals surface area contributed by atoms with Gasteiger partial charge in [0.05, 0.1) is 16.9 Å². The molecule has 0 saturated carbocycles. The van der Waals surface area contributed by atoms with Crippen LogP contribution in [0.4, 0.5) is 0 Å². The molecule has 0 radical (unpaired) electrons. The fourth-order valence-corrected chi connectivity index (χ4v) is 4.43. The summed E-state index contributed by atoms with van der Waals surface area (Å²) >= 11 is 0. The van der Waals surface area contributed by atoms with E-state index in [0.29, 0.717) is 31.1 Å². The lowest BCUT2D eigenvalue weighted by molar-refractivity contribution is -0.0129. The van der Waals surface area contributed by atoms with Crippen molar-refractivity contribution < 1.29 is 18.0 Å². The largest absolute Gasteiger partial charge is 0.388 e. The summed E-state index contributed by atoms with van der Waals surface area (Å²) in [6, 6.07) is 8.26. The van der Waals surface area contributed by atoms with E-state index in [1.165, 1.54) is 4.31 Å². The molecule has 0 amide bonds. The maximum Gasteiger partial charge on any atom is 0.243 e. The number of hydrogen-bond acceptors (Lipinski definition) is 6. The van der Waals surface area contributed by atoms with Gasteiger partial charge in [-0.2, -0.15) is 9.29 Å². The second kappa shape index (κ2) is 6.03. The Labute approximate surface area is 135 Å². The molecule has 1 aliphatic rings. The summed E-state index contributed by atoms with van der Waals surface area (Å²) in [7, 11) is -3.61. The first-order valence-corrected chi connectivity index (χ1v) is 8.90. The second-order valence-corrected chi connectivity index (χ2v) is 7.83. The predicted octanol–water partition coefficient (Wildman–Crippen LogP) is 1.14. The van der Waals surface area contributed by atoms with Crippen LogP contribution in [0.2, 0.25) is 0 Å². The average molecular weight is 337 g/mol. The Bertz CT molecular complexity index is 775. The standard InChI is InChI=1S/C15H19N3O4S/c1-12-16-14(22-17-12)10-15(19)8-5-9-18(11-15)23(20,21)13-6-3-2-4-7-13/h2-4,6-7,19H,5,8-11H2,1H3. The van der Waals surface area contributed by atoms with Crippen LogP contribution >= 0.6 is 0 Å². The molecule has 1 unspecified atom stereocenters. The van der Waals surface area contributed by atoms with Crippen molar-refractivity contribution in [3.63, 3.8) is 0 Å². The van der Waals surface area contributed by atoms with Crippen molar-refractivity contribution >= 4 is 10.0 Å². The second-order valence-electron chi connectivity index (χ2n) is 5.89. The molecule has 23 heavy (non-hydrogen) atoms. The van der Waals surface area contributed by atoms with Crippen molar-refractivity contribution in [2.45, 2.75) is 36.7 Å². The molecule has 3 rings (SSSR count). The van der Waals surface area contributed by atoms with E-state index in [2.05, 4.69) is 10.1 Å². The van der Waals surface area contributed by atoms with Gasteiger partial charge < -0.3 is 9.63 Å². The molecule has 1 aromatic carbocycles. The first-order chi connectivity index (χ1) is 10.9. The molecule has 1 aromatic heterocycles. The number of aryl methyl sites for hydroxylation is 1. The number of β-amino-alcohol motifs (C(OH)–C–C–N with tert-alkyl or cyclic N) is 1. The fraction of sp³-hybridized carbons (Fsp3) is 0.467. The third-order valence-electron chi connectivity index (χ3n) is 3.95. The number of aliphatic hydroxyl groups is 1. The van der Waals surface area contributed by atoms with Gasteiger partial charge >= 0.3 is 0 Å². The van der Waals surface area contributed by atoms with Crippen molar-refractivity contribution in [1.82, 2.24) is 14.4 Å². The van der Waals surface area contributed by atoms with Gasteiger partial charge in [0.1, 0.15) is 0 Å². The summed E-state index contributed by atoms with van der Waals surface area (Å²) < 4.78 is 31.8. The summed E-state index contributed by atoms with van der Waals surface area (Å²) in [6.07, 6.45) is 1.22. The van der Waals surface area contributed by atoms with Crippen molar-refractivity contribution in [3.05, 3.63) is 42.0 Å². The van der Waals surface area contributed by atoms with Crippen molar-refractivity contribution in [1.29, 1.82) is 0 Å². The number of aromatic nitrogens is 2. The Morgan fingerprint density at radius 3 is 2.74 bits per heavy atom. The van der Waals surface area contributed by atoms with E-state index in [1.807, 2.05) is 0 Å². The number of rotatable bonds is 4. The highest BCUT2D eigenvalue weighted by Gasteiger charge is 2.39. The van der Waals surface area contributed by atoms with Crippen LogP contribution < -0.4 is 0 Å². The molecule has 1 saturated heterocycles. The van der Waals surface area contributed by atoms with Crippen LogP contribution in [-0.4, -0.2) is 46.7 Å². The number of sulfonamides is 1. The van der Waals surface area contributed by atoms with Gasteiger partial charge in [-0.15, -0.1) is 0 Å². The molecule has 0 bridgehead atoms. The molecule has 1 fully saturated rings. The summed E-state index contributed by atoms with van der Waals surface area (Å²) in [4.78, 5) is 4.32. The molecule has 0 aliphatic carbocycles. The highest BCUT2D eigenvalue weighted by atomic mass is 32.2.